The number of hydrogen-bond acceptors (Lipinski definition) is 1. The molecule has 0 heterocycles. The second kappa shape index (κ2) is 4.24. The van der Waals surface area contributed by atoms with Crippen LogP contribution in [0.1, 0.15) is 33.6 Å². The molecule has 0 spiro atoms. The molecule has 0 aromatic rings. The van der Waals surface area contributed by atoms with Gasteiger partial charge in [-0.05, 0) is 5.92 Å². The van der Waals surface area contributed by atoms with Crippen LogP contribution in [0.4, 0.5) is 0 Å². The third kappa shape index (κ3) is 3.37. The Bertz CT molecular complexity index is 148. The predicted octanol–water partition coefficient (Wildman–Crippen LogP) is 1.99. The summed E-state index contributed by atoms with van der Waals surface area (Å²) >= 11 is 0. The molecule has 0 aromatic heterocycles. The second-order valence-electron chi connectivity index (χ2n) is 2.91. The van der Waals surface area contributed by atoms with E-state index in [1.165, 1.54) is 0 Å². The van der Waals surface area contributed by atoms with Crippen molar-refractivity contribution < 1.29 is 14.4 Å². The minimum absolute atomic E-state index is 0.149. The number of hydrogen-bond donors (Lipinski definition) is 2. The first-order valence-electron chi connectivity index (χ1n) is 3.98. The Morgan fingerprint density at radius 2 is 1.64 bits per heavy atom. The predicted molar refractivity (Wildman–Crippen MR) is 45.6 cm³/mol. The molecule has 2 N–H and O–H groups in total. The van der Waals surface area contributed by atoms with E-state index in [4.69, 9.17) is 9.79 Å². The van der Waals surface area contributed by atoms with Crippen LogP contribution < -0.4 is 0 Å². The largest absolute Gasteiger partial charge is 0.328 e. The third-order valence-electron chi connectivity index (χ3n) is 2.26. The first-order chi connectivity index (χ1) is 4.93. The lowest BCUT2D eigenvalue weighted by molar-refractivity contribution is 0.331. The topological polar surface area (TPSA) is 57.5 Å². The van der Waals surface area contributed by atoms with Gasteiger partial charge in [-0.25, -0.2) is 0 Å². The Balaban J connectivity index is 4.21. The molecular formula is C7H17O3P. The van der Waals surface area contributed by atoms with E-state index in [1.54, 1.807) is 6.92 Å². The normalized spacial score (nSPS) is 15.5. The lowest BCUT2D eigenvalue weighted by atomic mass is 10.0. The van der Waals surface area contributed by atoms with Crippen molar-refractivity contribution in [2.24, 2.45) is 5.92 Å². The summed E-state index contributed by atoms with van der Waals surface area (Å²) < 4.78 is 10.8. The fraction of sp³-hybridized carbons (Fsp3) is 1.00. The Labute approximate surface area is 68.0 Å². The van der Waals surface area contributed by atoms with E-state index in [0.717, 1.165) is 12.8 Å². The third-order valence-corrected chi connectivity index (χ3v) is 3.74. The Morgan fingerprint density at radius 1 is 1.27 bits per heavy atom. The molecule has 0 aliphatic carbocycles. The van der Waals surface area contributed by atoms with Gasteiger partial charge in [0.2, 0.25) is 0 Å². The number of rotatable bonds is 4. The summed E-state index contributed by atoms with van der Waals surface area (Å²) in [6, 6.07) is 0. The summed E-state index contributed by atoms with van der Waals surface area (Å²) in [6.45, 7) is 5.54. The van der Waals surface area contributed by atoms with Gasteiger partial charge < -0.3 is 9.79 Å². The van der Waals surface area contributed by atoms with Crippen molar-refractivity contribution in [3.63, 3.8) is 0 Å². The molecule has 4 heteroatoms. The molecule has 3 nitrogen and oxygen atoms in total. The standard InChI is InChI=1S/C7H17O3P/c1-4-7(5-2)6(3)11(8,9)10/h6-7H,4-5H2,1-3H3,(H2,8,9,10). The fourth-order valence-electron chi connectivity index (χ4n) is 1.25. The van der Waals surface area contributed by atoms with Crippen LogP contribution in [0.3, 0.4) is 0 Å². The lowest BCUT2D eigenvalue weighted by Crippen LogP contribution is -2.15. The summed E-state index contributed by atoms with van der Waals surface area (Å²) in [5.74, 6) is 0.149. The van der Waals surface area contributed by atoms with Crippen molar-refractivity contribution in [3.8, 4) is 0 Å². The minimum atomic E-state index is -3.85. The summed E-state index contributed by atoms with van der Waals surface area (Å²) in [6.07, 6.45) is 1.67. The van der Waals surface area contributed by atoms with Crippen LogP contribution in [0, 0.1) is 5.92 Å². The molecule has 0 saturated carbocycles. The summed E-state index contributed by atoms with van der Waals surface area (Å²) in [7, 11) is -3.85. The minimum Gasteiger partial charge on any atom is -0.324 e. The van der Waals surface area contributed by atoms with Gasteiger partial charge in [-0.2, -0.15) is 0 Å². The Morgan fingerprint density at radius 3 is 1.73 bits per heavy atom. The van der Waals surface area contributed by atoms with Gasteiger partial charge in [-0.1, -0.05) is 33.6 Å². The molecule has 0 fully saturated rings. The SMILES string of the molecule is CCC(CC)C(C)P(=O)(O)O. The van der Waals surface area contributed by atoms with Crippen molar-refractivity contribution in [1.29, 1.82) is 0 Å². The van der Waals surface area contributed by atoms with Crippen LogP contribution in [-0.4, -0.2) is 15.4 Å². The van der Waals surface area contributed by atoms with Crippen LogP contribution in [0.5, 0.6) is 0 Å². The molecule has 0 aliphatic rings. The van der Waals surface area contributed by atoms with Gasteiger partial charge in [0.05, 0.1) is 5.66 Å². The van der Waals surface area contributed by atoms with E-state index in [-0.39, 0.29) is 5.92 Å². The van der Waals surface area contributed by atoms with Crippen molar-refractivity contribution in [2.45, 2.75) is 39.3 Å². The first-order valence-corrected chi connectivity index (χ1v) is 5.66. The van der Waals surface area contributed by atoms with Crippen LogP contribution in [0.15, 0.2) is 0 Å². The van der Waals surface area contributed by atoms with E-state index in [9.17, 15) is 4.57 Å². The quantitative estimate of drug-likeness (QED) is 0.650. The molecule has 0 rings (SSSR count). The van der Waals surface area contributed by atoms with E-state index >= 15 is 0 Å². The van der Waals surface area contributed by atoms with Crippen molar-refractivity contribution in [2.75, 3.05) is 0 Å². The van der Waals surface area contributed by atoms with Gasteiger partial charge >= 0.3 is 7.60 Å². The molecule has 1 atom stereocenters. The second-order valence-corrected chi connectivity index (χ2v) is 4.90. The van der Waals surface area contributed by atoms with Gasteiger partial charge in [0.1, 0.15) is 0 Å². The maximum absolute atomic E-state index is 10.8. The lowest BCUT2D eigenvalue weighted by Gasteiger charge is -2.21. The monoisotopic (exact) mass is 180 g/mol. The van der Waals surface area contributed by atoms with Gasteiger partial charge in [-0.15, -0.1) is 0 Å². The zero-order chi connectivity index (χ0) is 9.07. The average Bonchev–Trinajstić information content (AvgIpc) is 1.88. The molecule has 1 unspecified atom stereocenters. The van der Waals surface area contributed by atoms with E-state index in [2.05, 4.69) is 0 Å². The molecule has 0 bridgehead atoms. The molecule has 11 heavy (non-hydrogen) atoms. The average molecular weight is 180 g/mol. The van der Waals surface area contributed by atoms with Crippen LogP contribution in [0.25, 0.3) is 0 Å². The molecule has 0 radical (unpaired) electrons. The van der Waals surface area contributed by atoms with Gasteiger partial charge in [0.25, 0.3) is 0 Å². The summed E-state index contributed by atoms with van der Waals surface area (Å²) in [5, 5.41) is 0. The van der Waals surface area contributed by atoms with Crippen molar-refractivity contribution >= 4 is 7.60 Å². The van der Waals surface area contributed by atoms with Gasteiger partial charge in [-0.3, -0.25) is 4.57 Å². The van der Waals surface area contributed by atoms with Crippen molar-refractivity contribution in [1.82, 2.24) is 0 Å². The van der Waals surface area contributed by atoms with E-state index in [1.807, 2.05) is 13.8 Å². The Kier molecular flexibility index (Phi) is 4.30. The highest BCUT2D eigenvalue weighted by atomic mass is 31.2. The Hall–Kier alpha value is 0.150. The summed E-state index contributed by atoms with van der Waals surface area (Å²) in [5.41, 5.74) is -0.488. The molecule has 0 amide bonds. The highest BCUT2D eigenvalue weighted by molar-refractivity contribution is 7.52. The van der Waals surface area contributed by atoms with Crippen LogP contribution in [0.2, 0.25) is 0 Å². The molecule has 0 aliphatic heterocycles. The van der Waals surface area contributed by atoms with E-state index < -0.39 is 13.3 Å². The van der Waals surface area contributed by atoms with Crippen molar-refractivity contribution in [3.05, 3.63) is 0 Å². The van der Waals surface area contributed by atoms with E-state index in [0.29, 0.717) is 0 Å². The molecule has 0 saturated heterocycles. The van der Waals surface area contributed by atoms with Crippen LogP contribution in [-0.2, 0) is 4.57 Å². The fourth-order valence-corrected chi connectivity index (χ4v) is 2.22. The smallest absolute Gasteiger partial charge is 0.324 e. The molecule has 68 valence electrons. The maximum Gasteiger partial charge on any atom is 0.328 e. The molecule has 0 aromatic carbocycles. The van der Waals surface area contributed by atoms with Crippen LogP contribution >= 0.6 is 7.60 Å². The van der Waals surface area contributed by atoms with Gasteiger partial charge in [0, 0.05) is 0 Å². The maximum atomic E-state index is 10.8. The zero-order valence-electron chi connectivity index (χ0n) is 7.32. The highest BCUT2D eigenvalue weighted by Gasteiger charge is 2.29. The highest BCUT2D eigenvalue weighted by Crippen LogP contribution is 2.46. The zero-order valence-corrected chi connectivity index (χ0v) is 8.21. The summed E-state index contributed by atoms with van der Waals surface area (Å²) in [4.78, 5) is 17.7. The van der Waals surface area contributed by atoms with Gasteiger partial charge in [0.15, 0.2) is 0 Å². The molecular weight excluding hydrogens is 163 g/mol. The first kappa shape index (κ1) is 11.2.